The molecule has 1 rings (SSSR count). The van der Waals surface area contributed by atoms with Gasteiger partial charge in [0.2, 0.25) is 0 Å². The Bertz CT molecular complexity index is 215. The maximum absolute atomic E-state index is 6.15. The molecule has 0 bridgehead atoms. The summed E-state index contributed by atoms with van der Waals surface area (Å²) >= 11 is 0. The van der Waals surface area contributed by atoms with Gasteiger partial charge in [0.15, 0.2) is 0 Å². The van der Waals surface area contributed by atoms with Gasteiger partial charge < -0.3 is 10.5 Å². The van der Waals surface area contributed by atoms with Crippen LogP contribution in [0.4, 0.5) is 0 Å². The van der Waals surface area contributed by atoms with Crippen LogP contribution in [-0.2, 0) is 4.74 Å². The van der Waals surface area contributed by atoms with Gasteiger partial charge in [-0.15, -0.1) is 0 Å². The first-order valence-electron chi connectivity index (χ1n) is 6.73. The van der Waals surface area contributed by atoms with E-state index >= 15 is 0 Å². The summed E-state index contributed by atoms with van der Waals surface area (Å²) in [7, 11) is 0. The molecule has 0 spiro atoms. The second kappa shape index (κ2) is 5.05. The molecule has 0 amide bonds. The van der Waals surface area contributed by atoms with Crippen molar-refractivity contribution < 1.29 is 4.74 Å². The SMILES string of the molecule is CCC1(CC)C(N)CC1OCCC(C)(C)C. The Kier molecular flexibility index (Phi) is 4.42. The molecule has 1 aliphatic carbocycles. The molecule has 96 valence electrons. The van der Waals surface area contributed by atoms with Crippen LogP contribution in [0.3, 0.4) is 0 Å². The zero-order valence-corrected chi connectivity index (χ0v) is 11.7. The Balaban J connectivity index is 2.39. The molecular weight excluding hydrogens is 198 g/mol. The van der Waals surface area contributed by atoms with E-state index in [9.17, 15) is 0 Å². The third-order valence-electron chi connectivity index (χ3n) is 4.34. The van der Waals surface area contributed by atoms with Crippen LogP contribution in [0.5, 0.6) is 0 Å². The summed E-state index contributed by atoms with van der Waals surface area (Å²) in [5.41, 5.74) is 6.78. The third kappa shape index (κ3) is 2.78. The van der Waals surface area contributed by atoms with Gasteiger partial charge in [0.25, 0.3) is 0 Å². The van der Waals surface area contributed by atoms with Crippen molar-refractivity contribution in [3.63, 3.8) is 0 Å². The van der Waals surface area contributed by atoms with Gasteiger partial charge >= 0.3 is 0 Å². The highest BCUT2D eigenvalue weighted by atomic mass is 16.5. The minimum absolute atomic E-state index is 0.262. The Labute approximate surface area is 101 Å². The first-order chi connectivity index (χ1) is 7.35. The second-order valence-corrected chi connectivity index (χ2v) is 6.45. The predicted molar refractivity (Wildman–Crippen MR) is 69.4 cm³/mol. The molecular formula is C14H29NO. The molecule has 0 aliphatic heterocycles. The maximum atomic E-state index is 6.15. The average molecular weight is 227 g/mol. The van der Waals surface area contributed by atoms with Gasteiger partial charge in [0.1, 0.15) is 0 Å². The average Bonchev–Trinajstić information content (AvgIpc) is 2.17. The Morgan fingerprint density at radius 3 is 2.19 bits per heavy atom. The lowest BCUT2D eigenvalue weighted by Gasteiger charge is -2.54. The molecule has 1 saturated carbocycles. The van der Waals surface area contributed by atoms with Crippen molar-refractivity contribution in [3.8, 4) is 0 Å². The van der Waals surface area contributed by atoms with Gasteiger partial charge in [0.05, 0.1) is 6.10 Å². The van der Waals surface area contributed by atoms with E-state index in [1.165, 1.54) is 0 Å². The maximum Gasteiger partial charge on any atom is 0.0660 e. The van der Waals surface area contributed by atoms with E-state index < -0.39 is 0 Å². The van der Waals surface area contributed by atoms with Crippen LogP contribution in [0.2, 0.25) is 0 Å². The number of nitrogens with two attached hydrogens (primary N) is 1. The van der Waals surface area contributed by atoms with E-state index in [0.717, 1.165) is 32.3 Å². The minimum Gasteiger partial charge on any atom is -0.377 e. The quantitative estimate of drug-likeness (QED) is 0.781. The van der Waals surface area contributed by atoms with Gasteiger partial charge in [0, 0.05) is 18.1 Å². The minimum atomic E-state index is 0.262. The van der Waals surface area contributed by atoms with Crippen molar-refractivity contribution in [2.45, 2.75) is 72.4 Å². The lowest BCUT2D eigenvalue weighted by Crippen LogP contribution is -2.61. The van der Waals surface area contributed by atoms with Crippen LogP contribution in [0.15, 0.2) is 0 Å². The summed E-state index contributed by atoms with van der Waals surface area (Å²) in [6, 6.07) is 0.349. The molecule has 1 fully saturated rings. The highest BCUT2D eigenvalue weighted by molar-refractivity contribution is 5.05. The fraction of sp³-hybridized carbons (Fsp3) is 1.00. The van der Waals surface area contributed by atoms with Gasteiger partial charge in [-0.25, -0.2) is 0 Å². The highest BCUT2D eigenvalue weighted by Crippen LogP contribution is 2.47. The summed E-state index contributed by atoms with van der Waals surface area (Å²) < 4.78 is 6.04. The van der Waals surface area contributed by atoms with Gasteiger partial charge in [-0.2, -0.15) is 0 Å². The van der Waals surface area contributed by atoms with Crippen LogP contribution in [0, 0.1) is 10.8 Å². The van der Waals surface area contributed by atoms with Gasteiger partial charge in [-0.05, 0) is 31.1 Å². The van der Waals surface area contributed by atoms with Gasteiger partial charge in [-0.3, -0.25) is 0 Å². The number of hydrogen-bond acceptors (Lipinski definition) is 2. The molecule has 2 heteroatoms. The number of hydrogen-bond donors (Lipinski definition) is 1. The van der Waals surface area contributed by atoms with E-state index in [1.807, 2.05) is 0 Å². The molecule has 0 aromatic heterocycles. The molecule has 1 aliphatic rings. The normalized spacial score (nSPS) is 28.9. The Morgan fingerprint density at radius 1 is 1.25 bits per heavy atom. The van der Waals surface area contributed by atoms with E-state index in [-0.39, 0.29) is 5.41 Å². The molecule has 2 atom stereocenters. The topological polar surface area (TPSA) is 35.2 Å². The standard InChI is InChI=1S/C14H29NO/c1-6-14(7-2)11(15)10-12(14)16-9-8-13(3,4)5/h11-12H,6-10,15H2,1-5H3. The Morgan fingerprint density at radius 2 is 1.81 bits per heavy atom. The van der Waals surface area contributed by atoms with E-state index in [0.29, 0.717) is 17.6 Å². The van der Waals surface area contributed by atoms with E-state index in [2.05, 4.69) is 34.6 Å². The van der Waals surface area contributed by atoms with Crippen molar-refractivity contribution in [1.29, 1.82) is 0 Å². The van der Waals surface area contributed by atoms with Crippen LogP contribution in [0.1, 0.15) is 60.3 Å². The third-order valence-corrected chi connectivity index (χ3v) is 4.34. The monoisotopic (exact) mass is 227 g/mol. The molecule has 0 heterocycles. The van der Waals surface area contributed by atoms with Crippen molar-refractivity contribution in [1.82, 2.24) is 0 Å². The second-order valence-electron chi connectivity index (χ2n) is 6.45. The van der Waals surface area contributed by atoms with Crippen LogP contribution in [0.25, 0.3) is 0 Å². The highest BCUT2D eigenvalue weighted by Gasteiger charge is 2.51. The van der Waals surface area contributed by atoms with Crippen LogP contribution in [-0.4, -0.2) is 18.8 Å². The molecule has 2 unspecified atom stereocenters. The largest absolute Gasteiger partial charge is 0.377 e. The summed E-state index contributed by atoms with van der Waals surface area (Å²) in [4.78, 5) is 0. The molecule has 16 heavy (non-hydrogen) atoms. The molecule has 2 nitrogen and oxygen atoms in total. The fourth-order valence-corrected chi connectivity index (χ4v) is 2.75. The zero-order valence-electron chi connectivity index (χ0n) is 11.7. The van der Waals surface area contributed by atoms with E-state index in [1.54, 1.807) is 0 Å². The van der Waals surface area contributed by atoms with E-state index in [4.69, 9.17) is 10.5 Å². The van der Waals surface area contributed by atoms with Gasteiger partial charge in [-0.1, -0.05) is 34.6 Å². The molecule has 0 saturated heterocycles. The first kappa shape index (κ1) is 14.0. The predicted octanol–water partition coefficient (Wildman–Crippen LogP) is 3.35. The zero-order chi connectivity index (χ0) is 12.4. The lowest BCUT2D eigenvalue weighted by molar-refractivity contribution is -0.134. The first-order valence-corrected chi connectivity index (χ1v) is 6.73. The molecule has 0 radical (unpaired) electrons. The summed E-state index contributed by atoms with van der Waals surface area (Å²) in [6.07, 6.45) is 4.86. The summed E-state index contributed by atoms with van der Waals surface area (Å²) in [6.45, 7) is 12.1. The van der Waals surface area contributed by atoms with Crippen molar-refractivity contribution >= 4 is 0 Å². The fourth-order valence-electron chi connectivity index (χ4n) is 2.75. The summed E-state index contributed by atoms with van der Waals surface area (Å²) in [5, 5.41) is 0. The number of ether oxygens (including phenoxy) is 1. The molecule has 0 aromatic carbocycles. The number of rotatable bonds is 5. The van der Waals surface area contributed by atoms with Crippen molar-refractivity contribution in [2.75, 3.05) is 6.61 Å². The van der Waals surface area contributed by atoms with Crippen molar-refractivity contribution in [2.24, 2.45) is 16.6 Å². The molecule has 0 aromatic rings. The smallest absolute Gasteiger partial charge is 0.0660 e. The van der Waals surface area contributed by atoms with Crippen LogP contribution >= 0.6 is 0 Å². The van der Waals surface area contributed by atoms with Crippen LogP contribution < -0.4 is 5.73 Å². The lowest BCUT2D eigenvalue weighted by atomic mass is 9.59. The van der Waals surface area contributed by atoms with Crippen molar-refractivity contribution in [3.05, 3.63) is 0 Å². The summed E-state index contributed by atoms with van der Waals surface area (Å²) in [5.74, 6) is 0. The molecule has 2 N–H and O–H groups in total. The Hall–Kier alpha value is -0.0800.